The van der Waals surface area contributed by atoms with E-state index in [0.29, 0.717) is 17.5 Å². The van der Waals surface area contributed by atoms with E-state index >= 15 is 0 Å². The Kier molecular flexibility index (Phi) is 7.63. The number of rotatable bonds is 4. The van der Waals surface area contributed by atoms with E-state index in [1.54, 1.807) is 11.3 Å². The summed E-state index contributed by atoms with van der Waals surface area (Å²) in [5.74, 6) is 1.81. The maximum absolute atomic E-state index is 6.41. The van der Waals surface area contributed by atoms with E-state index in [4.69, 9.17) is 19.4 Å². The van der Waals surface area contributed by atoms with Crippen molar-refractivity contribution in [3.8, 4) is 62.1 Å². The minimum atomic E-state index is -0.462. The molecule has 10 aromatic carbocycles. The Hall–Kier alpha value is -8.97. The molecule has 4 aromatic heterocycles. The number of hydrogen-bond acceptors (Lipinski definition) is 5. The molecule has 70 heavy (non-hydrogen) atoms. The van der Waals surface area contributed by atoms with E-state index in [1.165, 1.54) is 76.3 Å². The summed E-state index contributed by atoms with van der Waals surface area (Å²) in [4.78, 5) is 16.0. The first-order valence-electron chi connectivity index (χ1n) is 23.8. The zero-order valence-corrected chi connectivity index (χ0v) is 38.2. The van der Waals surface area contributed by atoms with Gasteiger partial charge in [0.2, 0.25) is 0 Å². The van der Waals surface area contributed by atoms with Gasteiger partial charge in [0, 0.05) is 69.7 Å². The standard InChI is InChI=1S/C64H36N4OS/c1-7-25-50-40(17-1)41-18-2-8-26-51(41)64(50)52-27-9-3-22-48(52)58-53(64)34-33-46-42-19-4-10-28-54(42)68(59(46)58)39-16-13-15-37(35-39)61-65-62(38-31-32-44-43-20-5-11-29-55(43)69-56(44)36-38)67-63(66-61)49-24-14-23-47-45-21-6-12-30-57(45)70-60(47)49/h1-36H. The summed E-state index contributed by atoms with van der Waals surface area (Å²) in [7, 11) is 0. The number of thiophene rings is 1. The monoisotopic (exact) mass is 908 g/mol. The Morgan fingerprint density at radius 1 is 0.386 bits per heavy atom. The molecule has 4 heterocycles. The lowest BCUT2D eigenvalue weighted by molar-refractivity contribution is 0.669. The zero-order valence-electron chi connectivity index (χ0n) is 37.4. The van der Waals surface area contributed by atoms with Crippen LogP contribution in [0.25, 0.3) is 126 Å². The van der Waals surface area contributed by atoms with Gasteiger partial charge in [-0.2, -0.15) is 0 Å². The minimum absolute atomic E-state index is 0.462. The number of aromatic nitrogens is 4. The molecule has 6 heteroatoms. The van der Waals surface area contributed by atoms with E-state index in [2.05, 4.69) is 205 Å². The third-order valence-electron chi connectivity index (χ3n) is 15.1. The molecule has 0 amide bonds. The molecular weight excluding hydrogens is 873 g/mol. The molecule has 0 N–H and O–H groups in total. The highest BCUT2D eigenvalue weighted by atomic mass is 32.1. The highest BCUT2D eigenvalue weighted by molar-refractivity contribution is 7.26. The fourth-order valence-electron chi connectivity index (χ4n) is 12.2. The second-order valence-electron chi connectivity index (χ2n) is 18.6. The molecule has 2 aliphatic rings. The summed E-state index contributed by atoms with van der Waals surface area (Å²) in [5.41, 5.74) is 17.7. The summed E-state index contributed by atoms with van der Waals surface area (Å²) >= 11 is 1.78. The van der Waals surface area contributed by atoms with Crippen LogP contribution >= 0.6 is 11.3 Å². The Bertz CT molecular complexity index is 4530. The van der Waals surface area contributed by atoms with Crippen LogP contribution in [-0.2, 0) is 5.41 Å². The minimum Gasteiger partial charge on any atom is -0.456 e. The van der Waals surface area contributed by atoms with Gasteiger partial charge in [-0.05, 0) is 87.5 Å². The van der Waals surface area contributed by atoms with Crippen molar-refractivity contribution in [2.45, 2.75) is 5.41 Å². The second-order valence-corrected chi connectivity index (χ2v) is 19.6. The Balaban J connectivity index is 0.943. The van der Waals surface area contributed by atoms with Crippen molar-refractivity contribution in [1.82, 2.24) is 19.5 Å². The molecule has 1 spiro atoms. The first-order chi connectivity index (χ1) is 34.7. The normalized spacial score (nSPS) is 13.3. The largest absolute Gasteiger partial charge is 0.456 e. The van der Waals surface area contributed by atoms with Gasteiger partial charge in [0.1, 0.15) is 11.2 Å². The number of nitrogens with zero attached hydrogens (tertiary/aromatic N) is 4. The van der Waals surface area contributed by atoms with Crippen LogP contribution in [0.5, 0.6) is 0 Å². The summed E-state index contributed by atoms with van der Waals surface area (Å²) in [6, 6.07) is 79.0. The molecule has 0 aliphatic heterocycles. The van der Waals surface area contributed by atoms with Crippen LogP contribution in [0.1, 0.15) is 22.3 Å². The van der Waals surface area contributed by atoms with Gasteiger partial charge < -0.3 is 8.98 Å². The van der Waals surface area contributed by atoms with Crippen LogP contribution in [0.2, 0.25) is 0 Å². The lowest BCUT2D eigenvalue weighted by atomic mass is 9.70. The van der Waals surface area contributed by atoms with Crippen molar-refractivity contribution in [2.75, 3.05) is 0 Å². The molecule has 0 radical (unpaired) electrons. The summed E-state index contributed by atoms with van der Waals surface area (Å²) in [6.07, 6.45) is 0. The van der Waals surface area contributed by atoms with E-state index in [1.807, 2.05) is 18.2 Å². The third-order valence-corrected chi connectivity index (χ3v) is 16.3. The lowest BCUT2D eigenvalue weighted by Gasteiger charge is -2.30. The number of fused-ring (bicyclic) bond motifs is 20. The smallest absolute Gasteiger partial charge is 0.165 e. The lowest BCUT2D eigenvalue weighted by Crippen LogP contribution is -2.25. The number of furan rings is 1. The number of para-hydroxylation sites is 2. The average Bonchev–Trinajstić information content (AvgIpc) is 4.22. The van der Waals surface area contributed by atoms with Gasteiger partial charge in [-0.3, -0.25) is 0 Å². The molecule has 0 fully saturated rings. The molecule has 0 unspecified atom stereocenters. The second kappa shape index (κ2) is 14.0. The van der Waals surface area contributed by atoms with Gasteiger partial charge in [-0.15, -0.1) is 11.3 Å². The molecule has 16 rings (SSSR count). The predicted molar refractivity (Wildman–Crippen MR) is 287 cm³/mol. The Morgan fingerprint density at radius 3 is 1.79 bits per heavy atom. The molecule has 14 aromatic rings. The molecular formula is C64H36N4OS. The summed E-state index contributed by atoms with van der Waals surface area (Å²) in [5, 5.41) is 6.99. The third kappa shape index (κ3) is 5.02. The molecule has 0 atom stereocenters. The zero-order chi connectivity index (χ0) is 45.7. The molecule has 0 saturated carbocycles. The van der Waals surface area contributed by atoms with Crippen molar-refractivity contribution < 1.29 is 4.42 Å². The van der Waals surface area contributed by atoms with Gasteiger partial charge in [0.05, 0.1) is 16.4 Å². The van der Waals surface area contributed by atoms with Gasteiger partial charge >= 0.3 is 0 Å². The fourth-order valence-corrected chi connectivity index (χ4v) is 13.4. The first-order valence-corrected chi connectivity index (χ1v) is 24.6. The SMILES string of the molecule is c1cc(-c2nc(-c3ccc4c(c3)oc3ccccc34)nc(-c3cccc4c3sc3ccccc34)n2)cc(-n2c3ccccc3c3ccc4c(c32)-c2ccccc2C42c3ccccc3-c3ccccc32)c1. The topological polar surface area (TPSA) is 56.7 Å². The van der Waals surface area contributed by atoms with Gasteiger partial charge in [0.25, 0.3) is 0 Å². The predicted octanol–water partition coefficient (Wildman–Crippen LogP) is 16.6. The van der Waals surface area contributed by atoms with Crippen molar-refractivity contribution in [2.24, 2.45) is 0 Å². The Labute approximate surface area is 405 Å². The van der Waals surface area contributed by atoms with Crippen LogP contribution < -0.4 is 0 Å². The maximum atomic E-state index is 6.41. The van der Waals surface area contributed by atoms with Gasteiger partial charge in [-0.25, -0.2) is 15.0 Å². The van der Waals surface area contributed by atoms with Crippen LogP contribution in [0.4, 0.5) is 0 Å². The van der Waals surface area contributed by atoms with E-state index in [-0.39, 0.29) is 0 Å². The highest BCUT2D eigenvalue weighted by Crippen LogP contribution is 2.64. The maximum Gasteiger partial charge on any atom is 0.165 e. The highest BCUT2D eigenvalue weighted by Gasteiger charge is 2.52. The molecule has 324 valence electrons. The van der Waals surface area contributed by atoms with Gasteiger partial charge in [-0.1, -0.05) is 170 Å². The van der Waals surface area contributed by atoms with Gasteiger partial charge in [0.15, 0.2) is 17.5 Å². The van der Waals surface area contributed by atoms with Crippen LogP contribution in [-0.4, -0.2) is 19.5 Å². The van der Waals surface area contributed by atoms with Crippen LogP contribution in [0, 0.1) is 0 Å². The molecule has 0 bridgehead atoms. The number of hydrogen-bond donors (Lipinski definition) is 0. The van der Waals surface area contributed by atoms with E-state index in [9.17, 15) is 0 Å². The molecule has 2 aliphatic carbocycles. The van der Waals surface area contributed by atoms with Crippen molar-refractivity contribution >= 4 is 75.3 Å². The summed E-state index contributed by atoms with van der Waals surface area (Å²) < 4.78 is 11.3. The van der Waals surface area contributed by atoms with E-state index < -0.39 is 5.41 Å². The van der Waals surface area contributed by atoms with Crippen LogP contribution in [0.15, 0.2) is 223 Å². The van der Waals surface area contributed by atoms with Crippen molar-refractivity contribution in [3.63, 3.8) is 0 Å². The van der Waals surface area contributed by atoms with Crippen LogP contribution in [0.3, 0.4) is 0 Å². The number of benzene rings is 10. The van der Waals surface area contributed by atoms with Crippen molar-refractivity contribution in [3.05, 3.63) is 241 Å². The molecule has 0 saturated heterocycles. The van der Waals surface area contributed by atoms with E-state index in [0.717, 1.165) is 54.5 Å². The fraction of sp³-hybridized carbons (Fsp3) is 0.0156. The summed E-state index contributed by atoms with van der Waals surface area (Å²) in [6.45, 7) is 0. The molecule has 5 nitrogen and oxygen atoms in total. The van der Waals surface area contributed by atoms with Crippen molar-refractivity contribution in [1.29, 1.82) is 0 Å². The average molecular weight is 909 g/mol. The first kappa shape index (κ1) is 38.0. The Morgan fingerprint density at radius 2 is 0.971 bits per heavy atom. The quantitative estimate of drug-likeness (QED) is 0.177.